The monoisotopic (exact) mass is 459 g/mol. The Labute approximate surface area is 156 Å². The molecule has 0 atom stereocenters. The van der Waals surface area contributed by atoms with E-state index >= 15 is 0 Å². The molecule has 3 N–H and O–H groups in total. The average molecular weight is 459 g/mol. The Bertz CT molecular complexity index is 245. The van der Waals surface area contributed by atoms with Crippen LogP contribution in [0, 0.1) is 6.08 Å². The molecular weight excluding hydrogens is 431 g/mol. The first-order chi connectivity index (χ1) is 9.85. The second-order valence-corrected chi connectivity index (χ2v) is 7.16. The van der Waals surface area contributed by atoms with Gasteiger partial charge in [0.2, 0.25) is 0 Å². The van der Waals surface area contributed by atoms with E-state index in [0.29, 0.717) is 26.1 Å². The molecule has 8 heteroatoms. The van der Waals surface area contributed by atoms with Crippen molar-refractivity contribution in [3.8, 4) is 0 Å². The van der Waals surface area contributed by atoms with Gasteiger partial charge < -0.3 is 17.2 Å². The zero-order valence-corrected chi connectivity index (χ0v) is 18.3. The van der Waals surface area contributed by atoms with Crippen LogP contribution in [0.5, 0.6) is 0 Å². The number of nitrogens with one attached hydrogen (secondary N) is 3. The van der Waals surface area contributed by atoms with Crippen LogP contribution in [0.4, 0.5) is 10.5 Å². The van der Waals surface area contributed by atoms with E-state index in [1.807, 2.05) is 20.8 Å². The molecule has 0 fully saturated rings. The predicted molar refractivity (Wildman–Crippen MR) is 88.0 cm³/mol. The van der Waals surface area contributed by atoms with Crippen LogP contribution in [0.25, 0.3) is 17.2 Å². The van der Waals surface area contributed by atoms with Gasteiger partial charge in [0.25, 0.3) is 0 Å². The summed E-state index contributed by atoms with van der Waals surface area (Å²) >= 11 is -5.96. The van der Waals surface area contributed by atoms with Gasteiger partial charge in [-0.3, -0.25) is 0 Å². The van der Waals surface area contributed by atoms with Crippen molar-refractivity contribution < 1.29 is 36.7 Å². The van der Waals surface area contributed by atoms with E-state index in [1.165, 1.54) is 6.08 Å². The largest absolute Gasteiger partial charge is 4.00 e. The molecule has 0 aromatic rings. The Balaban J connectivity index is -0.000000107. The molecule has 0 bridgehead atoms. The van der Waals surface area contributed by atoms with Crippen LogP contribution in [-0.4, -0.2) is 34.3 Å². The summed E-state index contributed by atoms with van der Waals surface area (Å²) in [5, 5.41) is 0. The third-order valence-corrected chi connectivity index (χ3v) is 3.75. The summed E-state index contributed by atoms with van der Waals surface area (Å²) in [5.41, 5.74) is 19.4. The third kappa shape index (κ3) is 28.7. The van der Waals surface area contributed by atoms with Gasteiger partial charge >= 0.3 is 80.4 Å². The molecule has 0 aliphatic heterocycles. The first-order valence-electron chi connectivity index (χ1n) is 7.13. The number of hydrogen-bond acceptors (Lipinski definition) is 0. The summed E-state index contributed by atoms with van der Waals surface area (Å²) < 4.78 is 34.9. The van der Waals surface area contributed by atoms with Crippen molar-refractivity contribution in [3.63, 3.8) is 0 Å². The Kier molecular flexibility index (Phi) is 33.0. The second kappa shape index (κ2) is 23.8. The van der Waals surface area contributed by atoms with E-state index < -0.39 is 19.1 Å². The summed E-state index contributed by atoms with van der Waals surface area (Å²) in [4.78, 5) is 0. The maximum absolute atomic E-state index is 11.8. The standard InChI is InChI=1S/C5H4F3Ge.3C3H8N.Zr/c6-9(7,8)5-3-1-2-4-5;3*1-2-3-4;/h1,3H,2H2;3*4H,2-3H2,1H3;/q4*-1;+4. The maximum atomic E-state index is 11.8. The molecule has 3 nitrogen and oxygen atoms in total. The van der Waals surface area contributed by atoms with Crippen LogP contribution in [-0.2, 0) is 26.2 Å². The van der Waals surface area contributed by atoms with E-state index in [1.54, 1.807) is 0 Å². The molecule has 22 heavy (non-hydrogen) atoms. The van der Waals surface area contributed by atoms with E-state index in [4.69, 9.17) is 17.2 Å². The van der Waals surface area contributed by atoms with E-state index in [2.05, 4.69) is 6.08 Å². The molecule has 1 aliphatic carbocycles. The first-order valence-corrected chi connectivity index (χ1v) is 10.6. The molecule has 0 radical (unpaired) electrons. The number of allylic oxidation sites excluding steroid dienone is 4. The predicted octanol–water partition coefficient (Wildman–Crippen LogP) is 6.41. The fourth-order valence-electron chi connectivity index (χ4n) is 0.599. The van der Waals surface area contributed by atoms with Crippen molar-refractivity contribution in [1.82, 2.24) is 0 Å². The summed E-state index contributed by atoms with van der Waals surface area (Å²) in [5.74, 6) is 0. The summed E-state index contributed by atoms with van der Waals surface area (Å²) in [6.45, 7) is 7.69. The molecule has 128 valence electrons. The van der Waals surface area contributed by atoms with Crippen LogP contribution in [0.3, 0.4) is 0 Å². The normalized spacial score (nSPS) is 11.6. The van der Waals surface area contributed by atoms with Crippen LogP contribution in [0.15, 0.2) is 16.6 Å². The molecule has 0 heterocycles. The minimum Gasteiger partial charge on any atom is 4.00 e. The van der Waals surface area contributed by atoms with E-state index in [-0.39, 0.29) is 26.2 Å². The number of halogens is 3. The van der Waals surface area contributed by atoms with Crippen molar-refractivity contribution in [2.24, 2.45) is 0 Å². The first kappa shape index (κ1) is 30.5. The van der Waals surface area contributed by atoms with Gasteiger partial charge in [0.05, 0.1) is 0 Å². The number of rotatable bonds is 4. The summed E-state index contributed by atoms with van der Waals surface area (Å²) in [6.07, 6.45) is 8.16. The molecule has 0 saturated carbocycles. The molecule has 0 saturated heterocycles. The quantitative estimate of drug-likeness (QED) is 0.345. The molecule has 0 spiro atoms. The smallest absolute Gasteiger partial charge is 4.00 e. The van der Waals surface area contributed by atoms with E-state index in [9.17, 15) is 10.5 Å². The summed E-state index contributed by atoms with van der Waals surface area (Å²) in [7, 11) is 0. The zero-order valence-electron chi connectivity index (χ0n) is 13.7. The second-order valence-electron chi connectivity index (χ2n) is 3.94. The Morgan fingerprint density at radius 1 is 0.955 bits per heavy atom. The van der Waals surface area contributed by atoms with Crippen molar-refractivity contribution in [3.05, 3.63) is 39.8 Å². The van der Waals surface area contributed by atoms with Crippen molar-refractivity contribution in [2.75, 3.05) is 19.6 Å². The van der Waals surface area contributed by atoms with Crippen molar-refractivity contribution in [2.45, 2.75) is 46.5 Å². The third-order valence-electron chi connectivity index (χ3n) is 1.75. The topological polar surface area (TPSA) is 71.4 Å². The van der Waals surface area contributed by atoms with Gasteiger partial charge in [-0.1, -0.05) is 40.0 Å². The van der Waals surface area contributed by atoms with Crippen LogP contribution in [0.2, 0.25) is 0 Å². The van der Waals surface area contributed by atoms with Crippen LogP contribution < -0.4 is 0 Å². The maximum Gasteiger partial charge on any atom is 4.00 e. The fourth-order valence-corrected chi connectivity index (χ4v) is 1.88. The molecule has 1 rings (SSSR count). The van der Waals surface area contributed by atoms with Gasteiger partial charge in [-0.15, -0.1) is 0 Å². The Morgan fingerprint density at radius 2 is 1.27 bits per heavy atom. The molecule has 0 aromatic carbocycles. The average Bonchev–Trinajstić information content (AvgIpc) is 3.02. The van der Waals surface area contributed by atoms with Crippen molar-refractivity contribution in [1.29, 1.82) is 0 Å². The van der Waals surface area contributed by atoms with Gasteiger partial charge in [0.15, 0.2) is 0 Å². The Hall–Kier alpha value is 0.576. The van der Waals surface area contributed by atoms with Crippen LogP contribution >= 0.6 is 0 Å². The minimum absolute atomic E-state index is 0. The zero-order chi connectivity index (χ0) is 17.1. The van der Waals surface area contributed by atoms with Crippen molar-refractivity contribution >= 4 is 14.7 Å². The molecule has 0 unspecified atom stereocenters. The van der Waals surface area contributed by atoms with E-state index in [0.717, 1.165) is 25.3 Å². The molecule has 1 aliphatic rings. The summed E-state index contributed by atoms with van der Waals surface area (Å²) in [6, 6.07) is 0. The fraction of sp³-hybridized carbons (Fsp3) is 0.714. The molecule has 0 amide bonds. The van der Waals surface area contributed by atoms with Gasteiger partial charge in [0.1, 0.15) is 0 Å². The van der Waals surface area contributed by atoms with Gasteiger partial charge in [-0.25, -0.2) is 0 Å². The van der Waals surface area contributed by atoms with Gasteiger partial charge in [-0.05, 0) is 0 Å². The van der Waals surface area contributed by atoms with Gasteiger partial charge in [0, 0.05) is 0 Å². The SMILES string of the molecule is CCC[NH-].CCC[NH-].CCC[NH-].[F][Ge]([F])([F])[C]1=[C-]CC=C1.[Zr+4]. The number of hydrogen-bond donors (Lipinski definition) is 0. The Morgan fingerprint density at radius 3 is 1.36 bits per heavy atom. The molecule has 0 aromatic heterocycles. The molecular formula is C14H28F3GeN3Zr. The van der Waals surface area contributed by atoms with Gasteiger partial charge in [-0.2, -0.15) is 19.6 Å². The minimum atomic E-state index is -5.96. The van der Waals surface area contributed by atoms with Crippen LogP contribution in [0.1, 0.15) is 46.5 Å².